The number of halogens is 1. The Kier molecular flexibility index (Phi) is 14.5. The summed E-state index contributed by atoms with van der Waals surface area (Å²) in [7, 11) is 0. The van der Waals surface area contributed by atoms with E-state index in [2.05, 4.69) is 20.2 Å². The number of amides is 5. The van der Waals surface area contributed by atoms with Crippen molar-refractivity contribution in [2.45, 2.75) is 82.5 Å². The molecular formula is C45H56FN9O6. The summed E-state index contributed by atoms with van der Waals surface area (Å²) in [5.74, 6) is -2.10. The molecule has 4 aliphatic rings. The lowest BCUT2D eigenvalue weighted by Gasteiger charge is -2.40. The predicted molar refractivity (Wildman–Crippen MR) is 224 cm³/mol. The van der Waals surface area contributed by atoms with Crippen molar-refractivity contribution in [2.24, 2.45) is 11.7 Å². The first kappa shape index (κ1) is 43.5. The van der Waals surface area contributed by atoms with Crippen molar-refractivity contribution >= 4 is 35.2 Å². The van der Waals surface area contributed by atoms with Gasteiger partial charge in [-0.25, -0.2) is 14.4 Å². The Labute approximate surface area is 355 Å². The van der Waals surface area contributed by atoms with Crippen LogP contribution in [0.4, 0.5) is 4.39 Å². The third kappa shape index (κ3) is 11.0. The third-order valence-corrected chi connectivity index (χ3v) is 12.6. The smallest absolute Gasteiger partial charge is 0.289 e. The van der Waals surface area contributed by atoms with Crippen LogP contribution >= 0.6 is 0 Å². The number of rotatable bonds is 13. The second-order valence-corrected chi connectivity index (χ2v) is 16.6. The van der Waals surface area contributed by atoms with E-state index in [1.807, 2.05) is 4.90 Å². The Morgan fingerprint density at radius 3 is 2.03 bits per heavy atom. The summed E-state index contributed by atoms with van der Waals surface area (Å²) in [6.45, 7) is 4.09. The van der Waals surface area contributed by atoms with E-state index in [1.54, 1.807) is 40.1 Å². The molecule has 0 radical (unpaired) electrons. The van der Waals surface area contributed by atoms with Gasteiger partial charge in [0.25, 0.3) is 11.8 Å². The Morgan fingerprint density at radius 2 is 1.38 bits per heavy atom. The summed E-state index contributed by atoms with van der Waals surface area (Å²) in [5.41, 5.74) is 6.67. The largest absolute Gasteiger partial charge is 0.375 e. The van der Waals surface area contributed by atoms with Crippen molar-refractivity contribution in [1.29, 1.82) is 5.41 Å². The van der Waals surface area contributed by atoms with Gasteiger partial charge in [0.15, 0.2) is 0 Å². The minimum atomic E-state index is -0.662. The van der Waals surface area contributed by atoms with Gasteiger partial charge in [-0.05, 0) is 74.3 Å². The molecule has 4 heterocycles. The van der Waals surface area contributed by atoms with Gasteiger partial charge in [-0.2, -0.15) is 0 Å². The number of hydrogen-bond donors (Lipinski definition) is 3. The van der Waals surface area contributed by atoms with Crippen molar-refractivity contribution < 1.29 is 33.1 Å². The lowest BCUT2D eigenvalue weighted by atomic mass is 9.83. The van der Waals surface area contributed by atoms with Gasteiger partial charge in [0.05, 0.1) is 24.3 Å². The first-order valence-corrected chi connectivity index (χ1v) is 21.6. The SMILES string of the molecule is N=C(Cc1ccc(F)c(C(=O)N2CCN(C(=O)CN3CCC(OC4CCN(C(=O)C(NC(=O)c5ncccn5)C5CCCCC5)CC4)CC3)CC2)c1)c1ccccc1C(N)=O. The highest BCUT2D eigenvalue weighted by Gasteiger charge is 2.37. The molecule has 7 rings (SSSR count). The van der Waals surface area contributed by atoms with Crippen LogP contribution in [0.5, 0.6) is 0 Å². The molecule has 3 aromatic rings. The van der Waals surface area contributed by atoms with Crippen LogP contribution in [-0.4, -0.2) is 142 Å². The first-order chi connectivity index (χ1) is 29.5. The van der Waals surface area contributed by atoms with Crippen LogP contribution in [0.3, 0.4) is 0 Å². The second-order valence-electron chi connectivity index (χ2n) is 16.6. The van der Waals surface area contributed by atoms with E-state index in [0.29, 0.717) is 37.3 Å². The highest BCUT2D eigenvalue weighted by Crippen LogP contribution is 2.29. The number of ether oxygens (including phenoxy) is 1. The number of piperazine rings is 1. The number of likely N-dealkylation sites (tertiary alicyclic amines) is 2. The van der Waals surface area contributed by atoms with Gasteiger partial charge in [0.1, 0.15) is 11.9 Å². The molecule has 5 amide bonds. The van der Waals surface area contributed by atoms with Gasteiger partial charge < -0.3 is 35.9 Å². The van der Waals surface area contributed by atoms with E-state index in [1.165, 1.54) is 30.6 Å². The van der Waals surface area contributed by atoms with E-state index in [9.17, 15) is 28.4 Å². The fourth-order valence-corrected chi connectivity index (χ4v) is 9.08. The second kappa shape index (κ2) is 20.3. The van der Waals surface area contributed by atoms with Crippen molar-refractivity contribution in [3.63, 3.8) is 0 Å². The normalized spacial score (nSPS) is 19.0. The summed E-state index contributed by atoms with van der Waals surface area (Å²) in [6, 6.07) is 11.8. The predicted octanol–water partition coefficient (Wildman–Crippen LogP) is 3.46. The Hall–Kier alpha value is -5.61. The van der Waals surface area contributed by atoms with Crippen molar-refractivity contribution in [1.82, 2.24) is 34.9 Å². The maximum absolute atomic E-state index is 15.0. The molecule has 2 aromatic carbocycles. The minimum Gasteiger partial charge on any atom is -0.375 e. The fourth-order valence-electron chi connectivity index (χ4n) is 9.08. The van der Waals surface area contributed by atoms with Gasteiger partial charge in [-0.3, -0.25) is 28.9 Å². The molecule has 61 heavy (non-hydrogen) atoms. The van der Waals surface area contributed by atoms with Gasteiger partial charge in [-0.15, -0.1) is 0 Å². The molecule has 0 spiro atoms. The highest BCUT2D eigenvalue weighted by molar-refractivity contribution is 6.09. The molecule has 16 heteroatoms. The van der Waals surface area contributed by atoms with Crippen LogP contribution in [0.2, 0.25) is 0 Å². The molecule has 1 aliphatic carbocycles. The summed E-state index contributed by atoms with van der Waals surface area (Å²) < 4.78 is 21.5. The van der Waals surface area contributed by atoms with E-state index in [-0.39, 0.29) is 78.7 Å². The molecule has 1 unspecified atom stereocenters. The number of hydrogen-bond acceptors (Lipinski definition) is 10. The number of nitrogens with one attached hydrogen (secondary N) is 2. The lowest BCUT2D eigenvalue weighted by Crippen LogP contribution is -2.55. The van der Waals surface area contributed by atoms with Gasteiger partial charge in [-0.1, -0.05) is 43.5 Å². The molecule has 15 nitrogen and oxygen atoms in total. The molecule has 4 fully saturated rings. The van der Waals surface area contributed by atoms with Crippen molar-refractivity contribution in [2.75, 3.05) is 58.9 Å². The summed E-state index contributed by atoms with van der Waals surface area (Å²) in [4.78, 5) is 81.0. The Balaban J connectivity index is 0.823. The number of nitrogens with zero attached hydrogens (tertiary/aromatic N) is 6. The van der Waals surface area contributed by atoms with Crippen molar-refractivity contribution in [3.8, 4) is 0 Å². The Morgan fingerprint density at radius 1 is 0.754 bits per heavy atom. The minimum absolute atomic E-state index is 0.00884. The fraction of sp³-hybridized carbons (Fsp3) is 0.511. The third-order valence-electron chi connectivity index (χ3n) is 12.6. The van der Waals surface area contributed by atoms with Crippen LogP contribution in [0.25, 0.3) is 0 Å². The zero-order valence-corrected chi connectivity index (χ0v) is 34.6. The van der Waals surface area contributed by atoms with Crippen LogP contribution in [0, 0.1) is 17.1 Å². The van der Waals surface area contributed by atoms with Gasteiger partial charge in [0.2, 0.25) is 23.5 Å². The zero-order valence-electron chi connectivity index (χ0n) is 34.6. The number of carbonyl (C=O) groups excluding carboxylic acids is 5. The number of primary amides is 1. The number of carbonyl (C=O) groups is 5. The number of piperidine rings is 2. The van der Waals surface area contributed by atoms with E-state index in [0.717, 1.165) is 70.9 Å². The molecule has 0 bridgehead atoms. The molecule has 1 atom stereocenters. The van der Waals surface area contributed by atoms with Crippen molar-refractivity contribution in [3.05, 3.63) is 94.8 Å². The van der Waals surface area contributed by atoms with Gasteiger partial charge >= 0.3 is 0 Å². The quantitative estimate of drug-likeness (QED) is 0.216. The van der Waals surface area contributed by atoms with Crippen LogP contribution in [0.15, 0.2) is 60.9 Å². The van der Waals surface area contributed by atoms with E-state index < -0.39 is 29.6 Å². The molecule has 4 N–H and O–H groups in total. The lowest BCUT2D eigenvalue weighted by molar-refractivity contribution is -0.140. The molecule has 3 aliphatic heterocycles. The van der Waals surface area contributed by atoms with Crippen LogP contribution < -0.4 is 11.1 Å². The van der Waals surface area contributed by atoms with E-state index in [4.69, 9.17) is 15.9 Å². The standard InChI is InChI=1S/C45H56FN9O6/c46-37-12-11-30(28-38(47)34-9-4-5-10-35(34)41(48)57)27-36(37)44(59)55-25-23-53(24-26-55)39(56)29-52-19-13-32(14-20-52)61-33-15-21-54(22-16-33)45(60)40(31-7-2-1-3-8-31)51-43(58)42-49-17-6-18-50-42/h4-6,9-12,17-18,27,31-33,40,47H,1-3,7-8,13-16,19-26,28-29H2,(H2,48,57)(H,51,58). The van der Waals surface area contributed by atoms with Gasteiger partial charge in [0, 0.05) is 88.0 Å². The average molecular weight is 838 g/mol. The maximum Gasteiger partial charge on any atom is 0.289 e. The molecular weight excluding hydrogens is 782 g/mol. The first-order valence-electron chi connectivity index (χ1n) is 21.6. The molecule has 1 saturated carbocycles. The zero-order chi connectivity index (χ0) is 42.9. The summed E-state index contributed by atoms with van der Waals surface area (Å²) in [6.07, 6.45) is 11.3. The summed E-state index contributed by atoms with van der Waals surface area (Å²) >= 11 is 0. The Bertz CT molecular complexity index is 2060. The number of benzene rings is 2. The van der Waals surface area contributed by atoms with Crippen LogP contribution in [0.1, 0.15) is 100 Å². The average Bonchev–Trinajstić information content (AvgIpc) is 3.29. The monoisotopic (exact) mass is 837 g/mol. The maximum atomic E-state index is 15.0. The van der Waals surface area contributed by atoms with E-state index >= 15 is 0 Å². The number of aromatic nitrogens is 2. The number of nitrogens with two attached hydrogens (primary N) is 1. The molecule has 3 saturated heterocycles. The topological polar surface area (TPSA) is 195 Å². The summed E-state index contributed by atoms with van der Waals surface area (Å²) in [5, 5.41) is 11.5. The van der Waals surface area contributed by atoms with Crippen LogP contribution in [-0.2, 0) is 20.7 Å². The highest BCUT2D eigenvalue weighted by atomic mass is 19.1. The molecule has 324 valence electrons. The molecule has 1 aromatic heterocycles.